The molecule has 0 atom stereocenters. The number of methoxy groups -OCH3 is 1. The highest BCUT2D eigenvalue weighted by atomic mass is 16.5. The molecule has 158 valence electrons. The Bertz CT molecular complexity index is 1170. The maximum absolute atomic E-state index is 11.3. The molecule has 0 aliphatic heterocycles. The van der Waals surface area contributed by atoms with Crippen LogP contribution in [0, 0.1) is 6.92 Å². The number of benzene rings is 4. The number of carbonyl (C=O) groups excluding carboxylic acids is 1. The Labute approximate surface area is 189 Å². The van der Waals surface area contributed by atoms with E-state index in [1.165, 1.54) is 0 Å². The SMILES string of the molecule is COc1ccc(N(C=C(c2ccccc2)c2ccccc2)c2ccc(C=O)cc2C)cc1. The molecule has 4 aromatic rings. The summed E-state index contributed by atoms with van der Waals surface area (Å²) in [5.41, 5.74) is 7.03. The Kier molecular flexibility index (Phi) is 6.47. The van der Waals surface area contributed by atoms with Crippen molar-refractivity contribution in [3.05, 3.63) is 132 Å². The van der Waals surface area contributed by atoms with E-state index in [0.717, 1.165) is 45.7 Å². The van der Waals surface area contributed by atoms with Crippen LogP contribution in [-0.2, 0) is 0 Å². The van der Waals surface area contributed by atoms with Crippen LogP contribution in [0.5, 0.6) is 5.75 Å². The zero-order valence-electron chi connectivity index (χ0n) is 18.2. The number of rotatable bonds is 7. The lowest BCUT2D eigenvalue weighted by Gasteiger charge is -2.25. The minimum absolute atomic E-state index is 0.663. The van der Waals surface area contributed by atoms with Crippen LogP contribution in [0.3, 0.4) is 0 Å². The molecule has 32 heavy (non-hydrogen) atoms. The summed E-state index contributed by atoms with van der Waals surface area (Å²) >= 11 is 0. The first-order valence-corrected chi connectivity index (χ1v) is 10.5. The highest BCUT2D eigenvalue weighted by Crippen LogP contribution is 2.34. The van der Waals surface area contributed by atoms with Gasteiger partial charge in [0.05, 0.1) is 7.11 Å². The molecule has 0 aliphatic rings. The molecule has 0 N–H and O–H groups in total. The van der Waals surface area contributed by atoms with Gasteiger partial charge in [-0.15, -0.1) is 0 Å². The maximum Gasteiger partial charge on any atom is 0.150 e. The Morgan fingerprint density at radius 3 is 1.88 bits per heavy atom. The first kappa shape index (κ1) is 21.1. The second-order valence-corrected chi connectivity index (χ2v) is 7.51. The van der Waals surface area contributed by atoms with Crippen LogP contribution in [0.4, 0.5) is 11.4 Å². The van der Waals surface area contributed by atoms with Crippen molar-refractivity contribution < 1.29 is 9.53 Å². The summed E-state index contributed by atoms with van der Waals surface area (Å²) in [6.45, 7) is 2.03. The predicted molar refractivity (Wildman–Crippen MR) is 132 cm³/mol. The van der Waals surface area contributed by atoms with Crippen LogP contribution in [0.2, 0.25) is 0 Å². The first-order chi connectivity index (χ1) is 15.7. The molecule has 0 unspecified atom stereocenters. The van der Waals surface area contributed by atoms with E-state index < -0.39 is 0 Å². The van der Waals surface area contributed by atoms with E-state index >= 15 is 0 Å². The van der Waals surface area contributed by atoms with Gasteiger partial charge in [0, 0.05) is 28.7 Å². The summed E-state index contributed by atoms with van der Waals surface area (Å²) in [6.07, 6.45) is 3.04. The lowest BCUT2D eigenvalue weighted by molar-refractivity contribution is 0.112. The van der Waals surface area contributed by atoms with Gasteiger partial charge in [0.25, 0.3) is 0 Å². The minimum atomic E-state index is 0.663. The molecule has 0 radical (unpaired) electrons. The molecule has 0 spiro atoms. The molecule has 3 nitrogen and oxygen atoms in total. The normalized spacial score (nSPS) is 10.3. The van der Waals surface area contributed by atoms with E-state index in [2.05, 4.69) is 35.4 Å². The van der Waals surface area contributed by atoms with Crippen LogP contribution in [0.15, 0.2) is 109 Å². The fraction of sp³-hybridized carbons (Fsp3) is 0.0690. The molecular formula is C29H25NO2. The van der Waals surface area contributed by atoms with Gasteiger partial charge in [-0.1, -0.05) is 60.7 Å². The van der Waals surface area contributed by atoms with Gasteiger partial charge in [-0.2, -0.15) is 0 Å². The molecule has 0 aromatic heterocycles. The number of anilines is 2. The molecule has 0 bridgehead atoms. The third-order valence-corrected chi connectivity index (χ3v) is 5.39. The van der Waals surface area contributed by atoms with Crippen molar-refractivity contribution in [2.75, 3.05) is 12.0 Å². The lowest BCUT2D eigenvalue weighted by Crippen LogP contribution is -2.12. The van der Waals surface area contributed by atoms with Crippen LogP contribution in [0.1, 0.15) is 27.0 Å². The number of aryl methyl sites for hydroxylation is 1. The standard InChI is InChI=1S/C29H25NO2/c1-22-19-23(21-31)13-18-29(22)30(26-14-16-27(32-2)17-15-26)20-28(24-9-5-3-6-10-24)25-11-7-4-8-12-25/h3-21H,1-2H3. The Balaban J connectivity index is 1.92. The maximum atomic E-state index is 11.3. The van der Waals surface area contributed by atoms with E-state index in [1.54, 1.807) is 7.11 Å². The van der Waals surface area contributed by atoms with Crippen molar-refractivity contribution in [2.24, 2.45) is 0 Å². The molecule has 4 rings (SSSR count). The van der Waals surface area contributed by atoms with Crippen molar-refractivity contribution >= 4 is 23.2 Å². The van der Waals surface area contributed by atoms with E-state index in [4.69, 9.17) is 4.74 Å². The van der Waals surface area contributed by atoms with Gasteiger partial charge >= 0.3 is 0 Å². The monoisotopic (exact) mass is 419 g/mol. The van der Waals surface area contributed by atoms with Crippen molar-refractivity contribution in [1.82, 2.24) is 0 Å². The highest BCUT2D eigenvalue weighted by Gasteiger charge is 2.14. The molecule has 0 amide bonds. The molecular weight excluding hydrogens is 394 g/mol. The topological polar surface area (TPSA) is 29.5 Å². The highest BCUT2D eigenvalue weighted by molar-refractivity contribution is 5.85. The number of hydrogen-bond acceptors (Lipinski definition) is 3. The smallest absolute Gasteiger partial charge is 0.150 e. The molecule has 0 fully saturated rings. The zero-order valence-corrected chi connectivity index (χ0v) is 18.2. The van der Waals surface area contributed by atoms with E-state index in [9.17, 15) is 4.79 Å². The average Bonchev–Trinajstić information content (AvgIpc) is 2.86. The first-order valence-electron chi connectivity index (χ1n) is 10.5. The Morgan fingerprint density at radius 2 is 1.38 bits per heavy atom. The lowest BCUT2D eigenvalue weighted by atomic mass is 9.98. The fourth-order valence-corrected chi connectivity index (χ4v) is 3.73. The van der Waals surface area contributed by atoms with E-state index in [-0.39, 0.29) is 0 Å². The van der Waals surface area contributed by atoms with E-state index in [1.807, 2.05) is 85.8 Å². The van der Waals surface area contributed by atoms with Crippen molar-refractivity contribution in [1.29, 1.82) is 0 Å². The number of carbonyl (C=O) groups is 1. The molecule has 4 aromatic carbocycles. The molecule has 0 saturated heterocycles. The van der Waals surface area contributed by atoms with Crippen molar-refractivity contribution in [3.63, 3.8) is 0 Å². The number of hydrogen-bond donors (Lipinski definition) is 0. The van der Waals surface area contributed by atoms with Gasteiger partial charge < -0.3 is 9.64 Å². The summed E-state index contributed by atoms with van der Waals surface area (Å²) < 4.78 is 5.36. The third-order valence-electron chi connectivity index (χ3n) is 5.39. The minimum Gasteiger partial charge on any atom is -0.497 e. The van der Waals surface area contributed by atoms with Crippen LogP contribution in [-0.4, -0.2) is 13.4 Å². The summed E-state index contributed by atoms with van der Waals surface area (Å²) in [5.74, 6) is 0.803. The summed E-state index contributed by atoms with van der Waals surface area (Å²) in [5, 5.41) is 0. The molecule has 0 heterocycles. The van der Waals surface area contributed by atoms with Crippen molar-refractivity contribution in [2.45, 2.75) is 6.92 Å². The second-order valence-electron chi connectivity index (χ2n) is 7.51. The van der Waals surface area contributed by atoms with Crippen LogP contribution in [0.25, 0.3) is 5.57 Å². The fourth-order valence-electron chi connectivity index (χ4n) is 3.73. The van der Waals surface area contributed by atoms with E-state index in [0.29, 0.717) is 5.56 Å². The number of aldehydes is 1. The summed E-state index contributed by atoms with van der Waals surface area (Å²) in [7, 11) is 1.66. The predicted octanol–water partition coefficient (Wildman–Crippen LogP) is 7.04. The number of nitrogens with zero attached hydrogens (tertiary/aromatic N) is 1. The molecule has 0 saturated carbocycles. The van der Waals surface area contributed by atoms with Gasteiger partial charge in [-0.05, 0) is 66.1 Å². The van der Waals surface area contributed by atoms with Gasteiger partial charge in [0.2, 0.25) is 0 Å². The third kappa shape index (κ3) is 4.62. The number of ether oxygens (including phenoxy) is 1. The van der Waals surface area contributed by atoms with Gasteiger partial charge in [-0.3, -0.25) is 4.79 Å². The summed E-state index contributed by atoms with van der Waals surface area (Å²) in [6, 6.07) is 34.5. The summed E-state index contributed by atoms with van der Waals surface area (Å²) in [4.78, 5) is 13.5. The zero-order chi connectivity index (χ0) is 22.3. The Hall–Kier alpha value is -4.11. The van der Waals surface area contributed by atoms with Gasteiger partial charge in [-0.25, -0.2) is 0 Å². The molecule has 3 heteroatoms. The molecule has 0 aliphatic carbocycles. The Morgan fingerprint density at radius 1 is 0.781 bits per heavy atom. The van der Waals surface area contributed by atoms with Crippen LogP contribution < -0.4 is 9.64 Å². The second kappa shape index (κ2) is 9.80. The van der Waals surface area contributed by atoms with Gasteiger partial charge in [0.15, 0.2) is 0 Å². The quantitative estimate of drug-likeness (QED) is 0.301. The largest absolute Gasteiger partial charge is 0.497 e. The van der Waals surface area contributed by atoms with Gasteiger partial charge in [0.1, 0.15) is 12.0 Å². The average molecular weight is 420 g/mol. The van der Waals surface area contributed by atoms with Crippen LogP contribution >= 0.6 is 0 Å². The van der Waals surface area contributed by atoms with Crippen molar-refractivity contribution in [3.8, 4) is 5.75 Å².